The van der Waals surface area contributed by atoms with E-state index in [0.29, 0.717) is 6.54 Å². The van der Waals surface area contributed by atoms with Gasteiger partial charge in [-0.25, -0.2) is 0 Å². The maximum Gasteiger partial charge on any atom is 0.200 e. The Morgan fingerprint density at radius 1 is 0.786 bits per heavy atom. The summed E-state index contributed by atoms with van der Waals surface area (Å²) >= 11 is 0. The molecule has 5 rings (SSSR count). The fourth-order valence-electron chi connectivity index (χ4n) is 4.51. The minimum atomic E-state index is -0.369. The van der Waals surface area contributed by atoms with E-state index in [2.05, 4.69) is 31.2 Å². The van der Waals surface area contributed by atoms with Gasteiger partial charge in [-0.15, -0.1) is 0 Å². The van der Waals surface area contributed by atoms with E-state index in [4.69, 9.17) is 4.74 Å². The van der Waals surface area contributed by atoms with Crippen LogP contribution in [0.3, 0.4) is 0 Å². The Hall–Kier alpha value is -2.98. The number of rotatable bonds is 5. The fraction of sp³-hybridized carbons (Fsp3) is 0.250. The van der Waals surface area contributed by atoms with Crippen LogP contribution in [0.1, 0.15) is 54.2 Å². The molecule has 0 saturated carbocycles. The van der Waals surface area contributed by atoms with Crippen molar-refractivity contribution < 1.29 is 14.9 Å². The highest BCUT2D eigenvalue weighted by Gasteiger charge is 2.50. The Bertz CT molecular complexity index is 971. The van der Waals surface area contributed by atoms with Crippen LogP contribution in [0.25, 0.3) is 11.1 Å². The number of hydrogen-bond acceptors (Lipinski definition) is 3. The maximum atomic E-state index is 10.9. The summed E-state index contributed by atoms with van der Waals surface area (Å²) in [5.74, 6) is 0.267. The molecule has 2 aliphatic rings. The summed E-state index contributed by atoms with van der Waals surface area (Å²) in [4.78, 5) is 0. The minimum Gasteiger partial charge on any atom is -0.494 e. The van der Waals surface area contributed by atoms with Crippen molar-refractivity contribution in [1.29, 1.82) is 0 Å². The molecule has 1 aromatic heterocycles. The van der Waals surface area contributed by atoms with E-state index < -0.39 is 0 Å². The summed E-state index contributed by atoms with van der Waals surface area (Å²) in [5, 5.41) is 21.8. The van der Waals surface area contributed by atoms with Gasteiger partial charge in [0.2, 0.25) is 11.8 Å². The minimum absolute atomic E-state index is 0.133. The lowest BCUT2D eigenvalue weighted by Gasteiger charge is -2.18. The van der Waals surface area contributed by atoms with Crippen LogP contribution >= 0.6 is 0 Å². The van der Waals surface area contributed by atoms with Crippen molar-refractivity contribution in [1.82, 2.24) is 4.57 Å². The summed E-state index contributed by atoms with van der Waals surface area (Å²) in [7, 11) is 0. The van der Waals surface area contributed by atoms with E-state index >= 15 is 0 Å². The molecule has 3 aromatic rings. The zero-order chi connectivity index (χ0) is 19.3. The van der Waals surface area contributed by atoms with Crippen molar-refractivity contribution in [3.05, 3.63) is 82.9 Å². The fourth-order valence-corrected chi connectivity index (χ4v) is 4.51. The SMILES string of the molecule is CCCCn1c(O)c2c(c1O)C1OC2C(c2ccccc2)=C1c1ccccc1. The molecule has 0 fully saturated rings. The van der Waals surface area contributed by atoms with Gasteiger partial charge in [0.25, 0.3) is 0 Å². The lowest BCUT2D eigenvalue weighted by molar-refractivity contribution is 0.0911. The number of benzene rings is 2. The molecule has 0 spiro atoms. The van der Waals surface area contributed by atoms with Crippen LogP contribution in [0.15, 0.2) is 60.7 Å². The van der Waals surface area contributed by atoms with Gasteiger partial charge in [0.1, 0.15) is 12.2 Å². The zero-order valence-corrected chi connectivity index (χ0v) is 15.8. The molecule has 2 aliphatic heterocycles. The molecule has 142 valence electrons. The van der Waals surface area contributed by atoms with Crippen molar-refractivity contribution in [3.63, 3.8) is 0 Å². The van der Waals surface area contributed by atoms with Crippen molar-refractivity contribution in [2.24, 2.45) is 0 Å². The first kappa shape index (κ1) is 17.1. The van der Waals surface area contributed by atoms with Gasteiger partial charge in [-0.2, -0.15) is 0 Å². The Balaban J connectivity index is 1.71. The quantitative estimate of drug-likeness (QED) is 0.626. The third-order valence-electron chi connectivity index (χ3n) is 5.80. The van der Waals surface area contributed by atoms with Gasteiger partial charge in [0.15, 0.2) is 0 Å². The van der Waals surface area contributed by atoms with Gasteiger partial charge < -0.3 is 14.9 Å². The molecule has 28 heavy (non-hydrogen) atoms. The summed E-state index contributed by atoms with van der Waals surface area (Å²) in [6.07, 6.45) is 1.15. The monoisotopic (exact) mass is 373 g/mol. The largest absolute Gasteiger partial charge is 0.494 e. The highest BCUT2D eigenvalue weighted by atomic mass is 16.5. The number of hydrogen-bond donors (Lipinski definition) is 2. The first-order chi connectivity index (χ1) is 13.7. The normalized spacial score (nSPS) is 20.0. The Morgan fingerprint density at radius 2 is 1.25 bits per heavy atom. The number of unbranched alkanes of at least 4 members (excludes halogenated alkanes) is 1. The Labute approximate surface area is 164 Å². The second kappa shape index (κ2) is 6.57. The molecule has 3 heterocycles. The summed E-state index contributed by atoms with van der Waals surface area (Å²) in [5.41, 5.74) is 5.76. The van der Waals surface area contributed by atoms with Crippen molar-refractivity contribution in [3.8, 4) is 11.8 Å². The lowest BCUT2D eigenvalue weighted by atomic mass is 9.81. The predicted octanol–water partition coefficient (Wildman–Crippen LogP) is 5.44. The first-order valence-electron chi connectivity index (χ1n) is 9.87. The van der Waals surface area contributed by atoms with Gasteiger partial charge in [-0.3, -0.25) is 4.57 Å². The molecule has 2 unspecified atom stereocenters. The molecule has 0 saturated heterocycles. The number of ether oxygens (including phenoxy) is 1. The molecule has 4 heteroatoms. The third kappa shape index (κ3) is 2.34. The number of nitrogens with zero attached hydrogens (tertiary/aromatic N) is 1. The van der Waals surface area contributed by atoms with E-state index in [1.165, 1.54) is 0 Å². The molecule has 0 radical (unpaired) electrons. The highest BCUT2D eigenvalue weighted by Crippen LogP contribution is 2.64. The topological polar surface area (TPSA) is 54.6 Å². The van der Waals surface area contributed by atoms with Crippen LogP contribution in [-0.2, 0) is 11.3 Å². The van der Waals surface area contributed by atoms with Crippen LogP contribution in [-0.4, -0.2) is 14.8 Å². The molecule has 4 nitrogen and oxygen atoms in total. The smallest absolute Gasteiger partial charge is 0.200 e. The number of aromatic nitrogens is 1. The van der Waals surface area contributed by atoms with Crippen molar-refractivity contribution >= 4 is 11.1 Å². The van der Waals surface area contributed by atoms with Gasteiger partial charge in [0, 0.05) is 6.54 Å². The van der Waals surface area contributed by atoms with Crippen molar-refractivity contribution in [2.45, 2.75) is 38.5 Å². The second-order valence-corrected chi connectivity index (χ2v) is 7.44. The summed E-state index contributed by atoms with van der Waals surface area (Å²) in [6, 6.07) is 20.4. The van der Waals surface area contributed by atoms with Crippen LogP contribution in [0.5, 0.6) is 11.8 Å². The van der Waals surface area contributed by atoms with Crippen LogP contribution in [0.2, 0.25) is 0 Å². The highest BCUT2D eigenvalue weighted by molar-refractivity contribution is 6.00. The molecule has 0 amide bonds. The molecule has 2 aromatic carbocycles. The number of aromatic hydroxyl groups is 2. The summed E-state index contributed by atoms with van der Waals surface area (Å²) < 4.78 is 7.96. The molecule has 2 atom stereocenters. The lowest BCUT2D eigenvalue weighted by Crippen LogP contribution is -2.02. The van der Waals surface area contributed by atoms with Gasteiger partial charge in [-0.1, -0.05) is 74.0 Å². The molecule has 2 N–H and O–H groups in total. The van der Waals surface area contributed by atoms with E-state index in [9.17, 15) is 10.2 Å². The molecule has 2 bridgehead atoms. The molecular formula is C24H23NO3. The average Bonchev–Trinajstić information content (AvgIpc) is 3.38. The number of fused-ring (bicyclic) bond motifs is 5. The van der Waals surface area contributed by atoms with Crippen LogP contribution in [0, 0.1) is 0 Å². The first-order valence-corrected chi connectivity index (χ1v) is 9.87. The zero-order valence-electron chi connectivity index (χ0n) is 15.8. The maximum absolute atomic E-state index is 10.9. The summed E-state index contributed by atoms with van der Waals surface area (Å²) in [6.45, 7) is 2.70. The molecular weight excluding hydrogens is 350 g/mol. The molecule has 0 aliphatic carbocycles. The van der Waals surface area contributed by atoms with Gasteiger partial charge >= 0.3 is 0 Å². The average molecular weight is 373 g/mol. The van der Waals surface area contributed by atoms with E-state index in [1.807, 2.05) is 36.4 Å². The predicted molar refractivity (Wildman–Crippen MR) is 109 cm³/mol. The third-order valence-corrected chi connectivity index (χ3v) is 5.80. The van der Waals surface area contributed by atoms with E-state index in [1.54, 1.807) is 4.57 Å². The Morgan fingerprint density at radius 3 is 1.68 bits per heavy atom. The van der Waals surface area contributed by atoms with Crippen LogP contribution < -0.4 is 0 Å². The second-order valence-electron chi connectivity index (χ2n) is 7.44. The van der Waals surface area contributed by atoms with Gasteiger partial charge in [0.05, 0.1) is 11.1 Å². The Kier molecular flexibility index (Phi) is 4.02. The van der Waals surface area contributed by atoms with Crippen LogP contribution in [0.4, 0.5) is 0 Å². The van der Waals surface area contributed by atoms with E-state index in [0.717, 1.165) is 46.2 Å². The van der Waals surface area contributed by atoms with Crippen molar-refractivity contribution in [2.75, 3.05) is 0 Å². The van der Waals surface area contributed by atoms with E-state index in [-0.39, 0.29) is 24.0 Å². The van der Waals surface area contributed by atoms with Gasteiger partial charge in [-0.05, 0) is 28.7 Å². The standard InChI is InChI=1S/C24H23NO3/c1-2-3-14-25-23(26)19-20(24(25)27)22-18(16-12-8-5-9-13-16)17(21(19)28-22)15-10-6-4-7-11-15/h4-13,21-22,26-27H,2-3,14H2,1H3.